The van der Waals surface area contributed by atoms with Gasteiger partial charge in [0.2, 0.25) is 0 Å². The van der Waals surface area contributed by atoms with Gasteiger partial charge in [0.15, 0.2) is 0 Å². The second-order valence-corrected chi connectivity index (χ2v) is 5.09. The second-order valence-electron chi connectivity index (χ2n) is 5.09. The van der Waals surface area contributed by atoms with Gasteiger partial charge >= 0.3 is 0 Å². The molecule has 4 heterocycles. The Morgan fingerprint density at radius 1 is 1.10 bits per heavy atom. The number of anilines is 1. The van der Waals surface area contributed by atoms with Crippen molar-refractivity contribution in [2.75, 3.05) is 31.2 Å². The molecule has 0 bridgehead atoms. The minimum absolute atomic E-state index is 0.777. The summed E-state index contributed by atoms with van der Waals surface area (Å²) in [5.74, 6) is 1.03. The van der Waals surface area contributed by atoms with E-state index in [0.29, 0.717) is 0 Å². The number of hydrogen-bond donors (Lipinski definition) is 0. The molecule has 1 aliphatic rings. The third-order valence-electron chi connectivity index (χ3n) is 3.96. The Hall–Kier alpha value is -2.14. The molecule has 1 aliphatic heterocycles. The summed E-state index contributed by atoms with van der Waals surface area (Å²) in [5.41, 5.74) is 2.18. The molecule has 3 aromatic rings. The van der Waals surface area contributed by atoms with Gasteiger partial charge in [0.25, 0.3) is 0 Å². The Kier molecular flexibility index (Phi) is 2.60. The van der Waals surface area contributed by atoms with Gasteiger partial charge in [-0.15, -0.1) is 0 Å². The van der Waals surface area contributed by atoms with E-state index in [1.807, 2.05) is 18.5 Å². The first-order valence-corrected chi connectivity index (χ1v) is 6.86. The van der Waals surface area contributed by atoms with E-state index < -0.39 is 0 Å². The molecule has 0 unspecified atom stereocenters. The minimum Gasteiger partial charge on any atom is -0.378 e. The molecule has 0 amide bonds. The number of rotatable bonds is 1. The van der Waals surface area contributed by atoms with Crippen LogP contribution in [0.4, 0.5) is 5.82 Å². The van der Waals surface area contributed by atoms with Crippen LogP contribution in [0.15, 0.2) is 30.6 Å². The van der Waals surface area contributed by atoms with Gasteiger partial charge in [-0.3, -0.25) is 4.98 Å². The molecule has 5 heteroatoms. The van der Waals surface area contributed by atoms with E-state index in [0.717, 1.165) is 48.5 Å². The summed E-state index contributed by atoms with van der Waals surface area (Å²) in [5, 5.41) is 2.32. The van der Waals surface area contributed by atoms with E-state index in [-0.39, 0.29) is 0 Å². The van der Waals surface area contributed by atoms with Crippen molar-refractivity contribution in [3.05, 3.63) is 30.6 Å². The highest BCUT2D eigenvalue weighted by molar-refractivity contribution is 6.06. The molecular formula is C15H16N4O. The minimum atomic E-state index is 0.777. The Morgan fingerprint density at radius 3 is 2.80 bits per heavy atom. The molecule has 102 valence electrons. The quantitative estimate of drug-likeness (QED) is 0.676. The number of hydrogen-bond acceptors (Lipinski definition) is 4. The summed E-state index contributed by atoms with van der Waals surface area (Å²) in [6.45, 7) is 3.37. The predicted octanol–water partition coefficient (Wildman–Crippen LogP) is 1.96. The van der Waals surface area contributed by atoms with Crippen LogP contribution in [0.1, 0.15) is 0 Å². The molecular weight excluding hydrogens is 252 g/mol. The molecule has 3 aromatic heterocycles. The Morgan fingerprint density at radius 2 is 1.95 bits per heavy atom. The summed E-state index contributed by atoms with van der Waals surface area (Å²) < 4.78 is 7.53. The molecule has 0 aromatic carbocycles. The molecule has 1 saturated heterocycles. The molecule has 0 radical (unpaired) electrons. The van der Waals surface area contributed by atoms with E-state index in [1.165, 1.54) is 5.52 Å². The van der Waals surface area contributed by atoms with Crippen molar-refractivity contribution in [3.63, 3.8) is 0 Å². The first kappa shape index (κ1) is 11.7. The van der Waals surface area contributed by atoms with Crippen LogP contribution >= 0.6 is 0 Å². The molecule has 1 fully saturated rings. The highest BCUT2D eigenvalue weighted by Gasteiger charge is 2.15. The summed E-state index contributed by atoms with van der Waals surface area (Å²) in [7, 11) is 2.06. The van der Waals surface area contributed by atoms with E-state index in [4.69, 9.17) is 9.72 Å². The lowest BCUT2D eigenvalue weighted by Gasteiger charge is -2.27. The Bertz CT molecular complexity index is 774. The molecule has 20 heavy (non-hydrogen) atoms. The van der Waals surface area contributed by atoms with Gasteiger partial charge in [-0.25, -0.2) is 4.98 Å². The smallest absolute Gasteiger partial charge is 0.143 e. The number of aryl methyl sites for hydroxylation is 1. The number of pyridine rings is 2. The third-order valence-corrected chi connectivity index (χ3v) is 3.96. The zero-order valence-electron chi connectivity index (χ0n) is 11.4. The van der Waals surface area contributed by atoms with Crippen molar-refractivity contribution in [3.8, 4) is 0 Å². The Labute approximate surface area is 116 Å². The van der Waals surface area contributed by atoms with Crippen LogP contribution in [0, 0.1) is 0 Å². The van der Waals surface area contributed by atoms with Crippen molar-refractivity contribution < 1.29 is 4.74 Å². The highest BCUT2D eigenvalue weighted by Crippen LogP contribution is 2.28. The van der Waals surface area contributed by atoms with Crippen LogP contribution in [0.25, 0.3) is 21.9 Å². The van der Waals surface area contributed by atoms with Crippen LogP contribution in [-0.2, 0) is 11.8 Å². The Balaban J connectivity index is 1.90. The van der Waals surface area contributed by atoms with Crippen LogP contribution in [0.3, 0.4) is 0 Å². The van der Waals surface area contributed by atoms with Crippen LogP contribution in [-0.4, -0.2) is 40.8 Å². The lowest BCUT2D eigenvalue weighted by Crippen LogP contribution is -2.36. The average Bonchev–Trinajstić information content (AvgIpc) is 2.81. The SMILES string of the molecule is Cn1c2ccncc2c2ccc(N3CCOCC3)nc21. The number of morpholine rings is 1. The molecule has 0 atom stereocenters. The zero-order chi connectivity index (χ0) is 13.5. The number of ether oxygens (including phenoxy) is 1. The summed E-state index contributed by atoms with van der Waals surface area (Å²) in [4.78, 5) is 11.3. The van der Waals surface area contributed by atoms with Crippen LogP contribution in [0.5, 0.6) is 0 Å². The second kappa shape index (κ2) is 4.45. The fourth-order valence-electron chi connectivity index (χ4n) is 2.87. The topological polar surface area (TPSA) is 43.2 Å². The van der Waals surface area contributed by atoms with Gasteiger partial charge in [0.1, 0.15) is 11.5 Å². The fraction of sp³-hybridized carbons (Fsp3) is 0.333. The van der Waals surface area contributed by atoms with E-state index in [1.54, 1.807) is 0 Å². The van der Waals surface area contributed by atoms with Crippen molar-refractivity contribution in [2.45, 2.75) is 0 Å². The third kappa shape index (κ3) is 1.67. The van der Waals surface area contributed by atoms with Crippen molar-refractivity contribution in [1.29, 1.82) is 0 Å². The van der Waals surface area contributed by atoms with Crippen LogP contribution in [0.2, 0.25) is 0 Å². The molecule has 0 N–H and O–H groups in total. The van der Waals surface area contributed by atoms with Crippen LogP contribution < -0.4 is 4.90 Å². The zero-order valence-corrected chi connectivity index (χ0v) is 11.4. The maximum atomic E-state index is 5.40. The van der Waals surface area contributed by atoms with Crippen molar-refractivity contribution in [2.24, 2.45) is 7.05 Å². The highest BCUT2D eigenvalue weighted by atomic mass is 16.5. The summed E-state index contributed by atoms with van der Waals surface area (Å²) in [6.07, 6.45) is 3.73. The molecule has 0 saturated carbocycles. The van der Waals surface area contributed by atoms with Crippen molar-refractivity contribution >= 4 is 27.8 Å². The van der Waals surface area contributed by atoms with Gasteiger partial charge in [-0.1, -0.05) is 0 Å². The predicted molar refractivity (Wildman–Crippen MR) is 79.0 cm³/mol. The lowest BCUT2D eigenvalue weighted by molar-refractivity contribution is 0.122. The number of nitrogens with zero attached hydrogens (tertiary/aromatic N) is 4. The van der Waals surface area contributed by atoms with E-state index in [9.17, 15) is 0 Å². The monoisotopic (exact) mass is 268 g/mol. The molecule has 4 rings (SSSR count). The van der Waals surface area contributed by atoms with Gasteiger partial charge in [0.05, 0.1) is 18.7 Å². The van der Waals surface area contributed by atoms with E-state index >= 15 is 0 Å². The van der Waals surface area contributed by atoms with Gasteiger partial charge < -0.3 is 14.2 Å². The largest absolute Gasteiger partial charge is 0.378 e. The van der Waals surface area contributed by atoms with Crippen molar-refractivity contribution in [1.82, 2.24) is 14.5 Å². The molecule has 0 aliphatic carbocycles. The molecule has 0 spiro atoms. The van der Waals surface area contributed by atoms with Gasteiger partial charge in [0, 0.05) is 43.3 Å². The molecule has 5 nitrogen and oxygen atoms in total. The summed E-state index contributed by atoms with van der Waals surface area (Å²) >= 11 is 0. The first-order valence-electron chi connectivity index (χ1n) is 6.86. The maximum absolute atomic E-state index is 5.40. The number of aromatic nitrogens is 3. The normalized spacial score (nSPS) is 16.1. The standard InChI is InChI=1S/C15H16N4O/c1-18-13-4-5-16-10-12(13)11-2-3-14(17-15(11)18)19-6-8-20-9-7-19/h2-5,10H,6-9H2,1H3. The van der Waals surface area contributed by atoms with Gasteiger partial charge in [-0.05, 0) is 18.2 Å². The lowest BCUT2D eigenvalue weighted by atomic mass is 10.2. The first-order chi connectivity index (χ1) is 9.84. The number of fused-ring (bicyclic) bond motifs is 3. The fourth-order valence-corrected chi connectivity index (χ4v) is 2.87. The maximum Gasteiger partial charge on any atom is 0.143 e. The summed E-state index contributed by atoms with van der Waals surface area (Å²) in [6, 6.07) is 6.28. The average molecular weight is 268 g/mol. The van der Waals surface area contributed by atoms with Gasteiger partial charge in [-0.2, -0.15) is 0 Å². The van der Waals surface area contributed by atoms with E-state index in [2.05, 4.69) is 33.6 Å².